The molecule has 0 atom stereocenters. The van der Waals surface area contributed by atoms with Crippen LogP contribution in [0.1, 0.15) is 16.7 Å². The summed E-state index contributed by atoms with van der Waals surface area (Å²) < 4.78 is 1.58. The molecule has 1 amide bonds. The number of carboxylic acids is 1. The summed E-state index contributed by atoms with van der Waals surface area (Å²) in [6.07, 6.45) is 3.12. The predicted octanol–water partition coefficient (Wildman–Crippen LogP) is 3.89. The van der Waals surface area contributed by atoms with E-state index < -0.39 is 11.9 Å². The van der Waals surface area contributed by atoms with Crippen LogP contribution < -0.4 is 5.32 Å². The Balaban J connectivity index is 1.97. The number of para-hydroxylation sites is 1. The number of nitrogens with zero attached hydrogens (tertiary/aromatic N) is 2. The zero-order valence-corrected chi connectivity index (χ0v) is 15.6. The number of nitrogens with one attached hydrogen (secondary N) is 1. The molecule has 0 saturated carbocycles. The Morgan fingerprint density at radius 3 is 2.50 bits per heavy atom. The molecule has 1 aromatic heterocycles. The van der Waals surface area contributed by atoms with Gasteiger partial charge in [-0.1, -0.05) is 24.3 Å². The highest BCUT2D eigenvalue weighted by Crippen LogP contribution is 2.24. The van der Waals surface area contributed by atoms with Crippen LogP contribution in [0.2, 0.25) is 0 Å². The predicted molar refractivity (Wildman–Crippen MR) is 108 cm³/mol. The third-order valence-corrected chi connectivity index (χ3v) is 4.27. The van der Waals surface area contributed by atoms with Crippen molar-refractivity contribution in [1.82, 2.24) is 4.57 Å². The molecule has 140 valence electrons. The van der Waals surface area contributed by atoms with Crippen LogP contribution in [0, 0.1) is 25.2 Å². The Morgan fingerprint density at radius 2 is 1.86 bits per heavy atom. The number of nitriles is 1. The van der Waals surface area contributed by atoms with Gasteiger partial charge in [0.1, 0.15) is 18.2 Å². The highest BCUT2D eigenvalue weighted by Gasteiger charge is 2.14. The number of rotatable bonds is 5. The summed E-state index contributed by atoms with van der Waals surface area (Å²) in [5, 5.41) is 22.1. The molecule has 3 aromatic rings. The van der Waals surface area contributed by atoms with Crippen LogP contribution in [0.3, 0.4) is 0 Å². The molecule has 0 radical (unpaired) electrons. The molecular weight excluding hydrogens is 354 g/mol. The minimum absolute atomic E-state index is 0.0580. The van der Waals surface area contributed by atoms with Crippen LogP contribution in [0.15, 0.2) is 54.2 Å². The van der Waals surface area contributed by atoms with Gasteiger partial charge in [-0.15, -0.1) is 0 Å². The number of carbonyl (C=O) groups is 2. The number of aliphatic carboxylic acids is 1. The lowest BCUT2D eigenvalue weighted by Crippen LogP contribution is -2.13. The molecule has 0 spiro atoms. The van der Waals surface area contributed by atoms with E-state index in [1.54, 1.807) is 16.8 Å². The maximum absolute atomic E-state index is 12.6. The number of hydrogen-bond acceptors (Lipinski definition) is 3. The number of carboxylic acid groups (broad SMARTS) is 1. The van der Waals surface area contributed by atoms with Crippen LogP contribution in [-0.4, -0.2) is 21.6 Å². The van der Waals surface area contributed by atoms with E-state index in [0.29, 0.717) is 11.3 Å². The average molecular weight is 373 g/mol. The van der Waals surface area contributed by atoms with Gasteiger partial charge in [-0.05, 0) is 49.2 Å². The lowest BCUT2D eigenvalue weighted by atomic mass is 10.1. The van der Waals surface area contributed by atoms with E-state index in [4.69, 9.17) is 5.11 Å². The third-order valence-electron chi connectivity index (χ3n) is 4.27. The second-order valence-corrected chi connectivity index (χ2v) is 6.62. The van der Waals surface area contributed by atoms with Crippen molar-refractivity contribution >= 4 is 34.5 Å². The zero-order chi connectivity index (χ0) is 20.3. The summed E-state index contributed by atoms with van der Waals surface area (Å²) in [5.74, 6) is -1.48. The molecule has 3 rings (SSSR count). The number of amides is 1. The van der Waals surface area contributed by atoms with Gasteiger partial charge in [0.15, 0.2) is 0 Å². The molecule has 0 aliphatic rings. The molecular formula is C22H19N3O3. The Kier molecular flexibility index (Phi) is 5.28. The molecule has 1 heterocycles. The Hall–Kier alpha value is -3.85. The van der Waals surface area contributed by atoms with Gasteiger partial charge in [-0.3, -0.25) is 9.59 Å². The molecule has 0 bridgehead atoms. The Labute approximate surface area is 162 Å². The SMILES string of the molecule is Cc1cc(C)cc(NC(=O)/C(C#N)=C/c2cn(CC(=O)O)c3ccccc23)c1. The lowest BCUT2D eigenvalue weighted by Gasteiger charge is -2.07. The van der Waals surface area contributed by atoms with Gasteiger partial charge >= 0.3 is 5.97 Å². The topological polar surface area (TPSA) is 95.1 Å². The van der Waals surface area contributed by atoms with Crippen molar-refractivity contribution in [3.05, 3.63) is 70.9 Å². The van der Waals surface area contributed by atoms with Crippen LogP contribution in [0.5, 0.6) is 0 Å². The quantitative estimate of drug-likeness (QED) is 0.524. The summed E-state index contributed by atoms with van der Waals surface area (Å²) in [4.78, 5) is 23.7. The third kappa shape index (κ3) is 4.10. The number of anilines is 1. The lowest BCUT2D eigenvalue weighted by molar-refractivity contribution is -0.137. The maximum atomic E-state index is 12.6. The molecule has 6 nitrogen and oxygen atoms in total. The molecule has 0 fully saturated rings. The van der Waals surface area contributed by atoms with E-state index in [0.717, 1.165) is 22.0 Å². The Morgan fingerprint density at radius 1 is 1.18 bits per heavy atom. The molecule has 0 unspecified atom stereocenters. The number of aromatic nitrogens is 1. The monoisotopic (exact) mass is 373 g/mol. The van der Waals surface area contributed by atoms with Gasteiger partial charge in [0.2, 0.25) is 0 Å². The number of hydrogen-bond donors (Lipinski definition) is 2. The van der Waals surface area contributed by atoms with E-state index in [9.17, 15) is 14.9 Å². The standard InChI is InChI=1S/C22H19N3O3/c1-14-7-15(2)9-18(8-14)24-22(28)16(11-23)10-17-12-25(13-21(26)27)20-6-4-3-5-19(17)20/h3-10,12H,13H2,1-2H3,(H,24,28)(H,26,27)/b16-10+. The molecule has 0 saturated heterocycles. The van der Waals surface area contributed by atoms with E-state index in [2.05, 4.69) is 5.32 Å². The first-order chi connectivity index (χ1) is 13.4. The minimum Gasteiger partial charge on any atom is -0.480 e. The van der Waals surface area contributed by atoms with Crippen molar-refractivity contribution in [2.45, 2.75) is 20.4 Å². The fourth-order valence-electron chi connectivity index (χ4n) is 3.22. The first kappa shape index (κ1) is 18.9. The zero-order valence-electron chi connectivity index (χ0n) is 15.6. The summed E-state index contributed by atoms with van der Waals surface area (Å²) in [5.41, 5.74) is 3.92. The average Bonchev–Trinajstić information content (AvgIpc) is 2.95. The number of aryl methyl sites for hydroxylation is 2. The summed E-state index contributed by atoms with van der Waals surface area (Å²) in [6.45, 7) is 3.66. The second-order valence-electron chi connectivity index (χ2n) is 6.62. The van der Waals surface area contributed by atoms with Crippen molar-refractivity contribution in [2.24, 2.45) is 0 Å². The fraction of sp³-hybridized carbons (Fsp3) is 0.136. The molecule has 2 aromatic carbocycles. The van der Waals surface area contributed by atoms with Crippen LogP contribution in [0.25, 0.3) is 17.0 Å². The number of fused-ring (bicyclic) bond motifs is 1. The van der Waals surface area contributed by atoms with E-state index >= 15 is 0 Å². The number of benzene rings is 2. The number of carbonyl (C=O) groups excluding carboxylic acids is 1. The highest BCUT2D eigenvalue weighted by molar-refractivity contribution is 6.10. The summed E-state index contributed by atoms with van der Waals surface area (Å²) >= 11 is 0. The molecule has 2 N–H and O–H groups in total. The van der Waals surface area contributed by atoms with E-state index in [1.807, 2.05) is 56.3 Å². The van der Waals surface area contributed by atoms with Gasteiger partial charge in [0.25, 0.3) is 5.91 Å². The highest BCUT2D eigenvalue weighted by atomic mass is 16.4. The first-order valence-electron chi connectivity index (χ1n) is 8.68. The van der Waals surface area contributed by atoms with Gasteiger partial charge in [0.05, 0.1) is 0 Å². The van der Waals surface area contributed by atoms with Crippen molar-refractivity contribution in [1.29, 1.82) is 5.26 Å². The summed E-state index contributed by atoms with van der Waals surface area (Å²) in [7, 11) is 0. The summed E-state index contributed by atoms with van der Waals surface area (Å²) in [6, 6.07) is 14.9. The van der Waals surface area contributed by atoms with Gasteiger partial charge in [-0.25, -0.2) is 0 Å². The van der Waals surface area contributed by atoms with Gasteiger partial charge < -0.3 is 15.0 Å². The van der Waals surface area contributed by atoms with Crippen LogP contribution >= 0.6 is 0 Å². The van der Waals surface area contributed by atoms with Gasteiger partial charge in [0, 0.05) is 28.4 Å². The minimum atomic E-state index is -0.968. The van der Waals surface area contributed by atoms with E-state index in [-0.39, 0.29) is 12.1 Å². The maximum Gasteiger partial charge on any atom is 0.323 e. The van der Waals surface area contributed by atoms with E-state index in [1.165, 1.54) is 6.08 Å². The van der Waals surface area contributed by atoms with Gasteiger partial charge in [-0.2, -0.15) is 5.26 Å². The van der Waals surface area contributed by atoms with Crippen LogP contribution in [-0.2, 0) is 16.1 Å². The second kappa shape index (κ2) is 7.80. The van der Waals surface area contributed by atoms with Crippen molar-refractivity contribution in [3.63, 3.8) is 0 Å². The van der Waals surface area contributed by atoms with Crippen molar-refractivity contribution in [3.8, 4) is 6.07 Å². The molecule has 28 heavy (non-hydrogen) atoms. The normalized spacial score (nSPS) is 11.2. The van der Waals surface area contributed by atoms with Crippen molar-refractivity contribution < 1.29 is 14.7 Å². The molecule has 0 aliphatic heterocycles. The first-order valence-corrected chi connectivity index (χ1v) is 8.68. The molecule has 0 aliphatic carbocycles. The largest absolute Gasteiger partial charge is 0.480 e. The smallest absolute Gasteiger partial charge is 0.323 e. The van der Waals surface area contributed by atoms with Crippen molar-refractivity contribution in [2.75, 3.05) is 5.32 Å². The van der Waals surface area contributed by atoms with Crippen LogP contribution in [0.4, 0.5) is 5.69 Å². The Bertz CT molecular complexity index is 1130. The molecule has 6 heteroatoms. The fourth-order valence-corrected chi connectivity index (χ4v) is 3.22.